The lowest BCUT2D eigenvalue weighted by atomic mass is 10.2. The molecule has 0 aliphatic carbocycles. The Labute approximate surface area is 109 Å². The Balaban J connectivity index is 2.21. The van der Waals surface area contributed by atoms with Gasteiger partial charge in [0.25, 0.3) is 11.1 Å². The number of carbonyl (C=O) groups is 3. The normalized spacial score (nSPS) is 18.6. The first kappa shape index (κ1) is 12.6. The van der Waals surface area contributed by atoms with Crippen LogP contribution in [0.3, 0.4) is 0 Å². The second-order valence-electron chi connectivity index (χ2n) is 3.69. The van der Waals surface area contributed by atoms with Crippen LogP contribution in [0.2, 0.25) is 0 Å². The number of carbonyl (C=O) groups excluding carboxylic acids is 3. The summed E-state index contributed by atoms with van der Waals surface area (Å²) in [6, 6.07) is 9.07. The number of para-hydroxylation sites is 1. The van der Waals surface area contributed by atoms with E-state index in [9.17, 15) is 14.4 Å². The lowest BCUT2D eigenvalue weighted by molar-refractivity contribution is -0.126. The van der Waals surface area contributed by atoms with Crippen LogP contribution < -0.4 is 10.2 Å². The van der Waals surface area contributed by atoms with Crippen molar-refractivity contribution in [2.45, 2.75) is 12.2 Å². The highest BCUT2D eigenvalue weighted by molar-refractivity contribution is 8.16. The van der Waals surface area contributed by atoms with E-state index in [1.807, 2.05) is 25.1 Å². The van der Waals surface area contributed by atoms with E-state index in [0.29, 0.717) is 6.54 Å². The number of benzene rings is 1. The molecule has 1 aliphatic rings. The van der Waals surface area contributed by atoms with E-state index in [2.05, 4.69) is 5.32 Å². The van der Waals surface area contributed by atoms with Crippen LogP contribution in [-0.4, -0.2) is 28.8 Å². The first-order chi connectivity index (χ1) is 8.63. The molecule has 1 aliphatic heterocycles. The van der Waals surface area contributed by atoms with Gasteiger partial charge in [-0.2, -0.15) is 0 Å². The molecule has 1 saturated heterocycles. The van der Waals surface area contributed by atoms with Gasteiger partial charge in [-0.1, -0.05) is 18.2 Å². The Kier molecular flexibility index (Phi) is 3.66. The van der Waals surface area contributed by atoms with Gasteiger partial charge in [-0.25, -0.2) is 0 Å². The molecule has 5 nitrogen and oxygen atoms in total. The maximum Gasteiger partial charge on any atom is 0.286 e. The van der Waals surface area contributed by atoms with Crippen molar-refractivity contribution >= 4 is 34.5 Å². The van der Waals surface area contributed by atoms with Gasteiger partial charge in [0.2, 0.25) is 5.91 Å². The van der Waals surface area contributed by atoms with Gasteiger partial charge in [0.05, 0.1) is 0 Å². The Bertz CT molecular complexity index is 489. The third-order valence-corrected chi connectivity index (χ3v) is 3.53. The van der Waals surface area contributed by atoms with Gasteiger partial charge in [0.1, 0.15) is 0 Å². The standard InChI is InChI=1S/C12H12N2O3S/c1-2-14(8-6-4-3-5-7-8)11(16)9-10(15)13-12(17)18-9/h3-7,9H,2H2,1H3,(H,13,15,17). The molecule has 94 valence electrons. The van der Waals surface area contributed by atoms with Gasteiger partial charge < -0.3 is 4.90 Å². The van der Waals surface area contributed by atoms with Crippen LogP contribution in [0.4, 0.5) is 10.5 Å². The third-order valence-electron chi connectivity index (χ3n) is 2.56. The molecule has 3 amide bonds. The number of rotatable bonds is 3. The van der Waals surface area contributed by atoms with Crippen molar-refractivity contribution in [3.63, 3.8) is 0 Å². The Morgan fingerprint density at radius 3 is 2.50 bits per heavy atom. The molecule has 6 heteroatoms. The van der Waals surface area contributed by atoms with E-state index in [-0.39, 0.29) is 5.91 Å². The maximum absolute atomic E-state index is 12.2. The third kappa shape index (κ3) is 2.38. The molecule has 1 heterocycles. The second kappa shape index (κ2) is 5.22. The molecule has 2 rings (SSSR count). The highest BCUT2D eigenvalue weighted by Gasteiger charge is 2.39. The smallest absolute Gasteiger partial charge is 0.286 e. The van der Waals surface area contributed by atoms with Gasteiger partial charge >= 0.3 is 0 Å². The molecule has 0 aromatic heterocycles. The van der Waals surface area contributed by atoms with Crippen LogP contribution in [0.5, 0.6) is 0 Å². The number of hydrogen-bond acceptors (Lipinski definition) is 4. The minimum Gasteiger partial charge on any atom is -0.311 e. The highest BCUT2D eigenvalue weighted by atomic mass is 32.2. The van der Waals surface area contributed by atoms with Crippen molar-refractivity contribution < 1.29 is 14.4 Å². The molecule has 18 heavy (non-hydrogen) atoms. The minimum absolute atomic E-state index is 0.364. The molecule has 1 aromatic carbocycles. The molecule has 0 bridgehead atoms. The summed E-state index contributed by atoms with van der Waals surface area (Å²) in [4.78, 5) is 36.3. The number of nitrogens with zero attached hydrogens (tertiary/aromatic N) is 1. The van der Waals surface area contributed by atoms with Gasteiger partial charge in [-0.15, -0.1) is 0 Å². The fourth-order valence-electron chi connectivity index (χ4n) is 1.73. The summed E-state index contributed by atoms with van der Waals surface area (Å²) in [6.07, 6.45) is 0. The maximum atomic E-state index is 12.2. The van der Waals surface area contributed by atoms with Gasteiger partial charge in [0, 0.05) is 12.2 Å². The van der Waals surface area contributed by atoms with Gasteiger partial charge in [-0.3, -0.25) is 19.7 Å². The average molecular weight is 264 g/mol. The van der Waals surface area contributed by atoms with E-state index >= 15 is 0 Å². The van der Waals surface area contributed by atoms with Gasteiger partial charge in [0.15, 0.2) is 5.25 Å². The summed E-state index contributed by atoms with van der Waals surface area (Å²) in [5.41, 5.74) is 0.720. The fraction of sp³-hybridized carbons (Fsp3) is 0.250. The first-order valence-electron chi connectivity index (χ1n) is 5.51. The number of imide groups is 1. The Morgan fingerprint density at radius 2 is 2.00 bits per heavy atom. The molecule has 1 atom stereocenters. The van der Waals surface area contributed by atoms with Crippen molar-refractivity contribution in [1.29, 1.82) is 0 Å². The lowest BCUT2D eigenvalue weighted by Gasteiger charge is -2.22. The van der Waals surface area contributed by atoms with E-state index < -0.39 is 16.4 Å². The SMILES string of the molecule is CCN(C(=O)C1SC(=O)NC1=O)c1ccccc1. The largest absolute Gasteiger partial charge is 0.311 e. The van der Waals surface area contributed by atoms with Crippen LogP contribution in [0.1, 0.15) is 6.92 Å². The number of hydrogen-bond donors (Lipinski definition) is 1. The van der Waals surface area contributed by atoms with Crippen molar-refractivity contribution in [3.8, 4) is 0 Å². The monoisotopic (exact) mass is 264 g/mol. The number of thioether (sulfide) groups is 1. The molecular weight excluding hydrogens is 252 g/mol. The zero-order valence-corrected chi connectivity index (χ0v) is 10.6. The fourth-order valence-corrected chi connectivity index (χ4v) is 2.50. The molecular formula is C12H12N2O3S. The topological polar surface area (TPSA) is 66.5 Å². The number of nitrogens with one attached hydrogen (secondary N) is 1. The molecule has 0 spiro atoms. The van der Waals surface area contributed by atoms with Crippen LogP contribution in [-0.2, 0) is 9.59 Å². The van der Waals surface area contributed by atoms with Crippen LogP contribution in [0.15, 0.2) is 30.3 Å². The van der Waals surface area contributed by atoms with Crippen molar-refractivity contribution in [3.05, 3.63) is 30.3 Å². The molecule has 1 aromatic rings. The number of amides is 3. The van der Waals surface area contributed by atoms with E-state index in [1.165, 1.54) is 4.90 Å². The summed E-state index contributed by atoms with van der Waals surface area (Å²) >= 11 is 0.729. The molecule has 0 saturated carbocycles. The molecule has 1 unspecified atom stereocenters. The zero-order chi connectivity index (χ0) is 13.1. The van der Waals surface area contributed by atoms with E-state index in [0.717, 1.165) is 17.4 Å². The minimum atomic E-state index is -0.974. The Morgan fingerprint density at radius 1 is 1.33 bits per heavy atom. The van der Waals surface area contributed by atoms with Gasteiger partial charge in [-0.05, 0) is 30.8 Å². The van der Waals surface area contributed by atoms with E-state index in [1.54, 1.807) is 12.1 Å². The summed E-state index contributed by atoms with van der Waals surface area (Å²) in [5.74, 6) is -0.901. The summed E-state index contributed by atoms with van der Waals surface area (Å²) in [5, 5.41) is 0.671. The van der Waals surface area contributed by atoms with Crippen LogP contribution in [0.25, 0.3) is 0 Å². The summed E-state index contributed by atoms with van der Waals surface area (Å²) in [6.45, 7) is 2.27. The van der Waals surface area contributed by atoms with E-state index in [4.69, 9.17) is 0 Å². The van der Waals surface area contributed by atoms with Crippen LogP contribution >= 0.6 is 11.8 Å². The molecule has 1 N–H and O–H groups in total. The summed E-state index contributed by atoms with van der Waals surface area (Å²) < 4.78 is 0. The molecule has 0 radical (unpaired) electrons. The van der Waals surface area contributed by atoms with Crippen molar-refractivity contribution in [1.82, 2.24) is 5.32 Å². The zero-order valence-electron chi connectivity index (χ0n) is 9.75. The predicted octanol–water partition coefficient (Wildman–Crippen LogP) is 1.39. The van der Waals surface area contributed by atoms with Crippen molar-refractivity contribution in [2.24, 2.45) is 0 Å². The Hall–Kier alpha value is -1.82. The summed E-state index contributed by atoms with van der Waals surface area (Å²) in [7, 11) is 0. The number of anilines is 1. The highest BCUT2D eigenvalue weighted by Crippen LogP contribution is 2.24. The van der Waals surface area contributed by atoms with Crippen LogP contribution in [0, 0.1) is 0 Å². The van der Waals surface area contributed by atoms with Crippen molar-refractivity contribution in [2.75, 3.05) is 11.4 Å². The average Bonchev–Trinajstić information content (AvgIpc) is 2.70. The molecule has 1 fully saturated rings. The first-order valence-corrected chi connectivity index (χ1v) is 6.39. The quantitative estimate of drug-likeness (QED) is 0.838. The second-order valence-corrected chi connectivity index (χ2v) is 4.77. The predicted molar refractivity (Wildman–Crippen MR) is 69.4 cm³/mol. The lowest BCUT2D eigenvalue weighted by Crippen LogP contribution is -2.41.